The number of nitrogens with one attached hydrogen (secondary N) is 2. The summed E-state index contributed by atoms with van der Waals surface area (Å²) in [6.45, 7) is 0. The SMILES string of the molecule is CNc1ncnc(NC23CC4CC(CC(C4)C2)C3)c1N. The van der Waals surface area contributed by atoms with Crippen LogP contribution < -0.4 is 16.4 Å². The van der Waals surface area contributed by atoms with Crippen LogP contribution in [0.4, 0.5) is 17.3 Å². The van der Waals surface area contributed by atoms with E-state index in [9.17, 15) is 0 Å². The predicted octanol–water partition coefficient (Wildman–Crippen LogP) is 2.48. The molecule has 0 amide bonds. The monoisotopic (exact) mass is 273 g/mol. The van der Waals surface area contributed by atoms with Crippen LogP contribution >= 0.6 is 0 Å². The zero-order chi connectivity index (χ0) is 13.7. The van der Waals surface area contributed by atoms with Crippen molar-refractivity contribution in [3.05, 3.63) is 6.33 Å². The van der Waals surface area contributed by atoms with E-state index in [0.29, 0.717) is 11.5 Å². The second kappa shape index (κ2) is 4.24. The van der Waals surface area contributed by atoms with Gasteiger partial charge in [-0.3, -0.25) is 0 Å². The Labute approximate surface area is 119 Å². The van der Waals surface area contributed by atoms with E-state index in [2.05, 4.69) is 20.6 Å². The Balaban J connectivity index is 1.63. The number of hydrogen-bond acceptors (Lipinski definition) is 5. The van der Waals surface area contributed by atoms with Gasteiger partial charge >= 0.3 is 0 Å². The minimum atomic E-state index is 0.238. The molecular formula is C15H23N5. The summed E-state index contributed by atoms with van der Waals surface area (Å²) >= 11 is 0. The van der Waals surface area contributed by atoms with Gasteiger partial charge in [-0.15, -0.1) is 0 Å². The van der Waals surface area contributed by atoms with Crippen LogP contribution in [-0.4, -0.2) is 22.6 Å². The van der Waals surface area contributed by atoms with Gasteiger partial charge in [0.2, 0.25) is 0 Å². The van der Waals surface area contributed by atoms with Gasteiger partial charge in [0, 0.05) is 12.6 Å². The molecule has 20 heavy (non-hydrogen) atoms. The molecule has 0 aliphatic heterocycles. The van der Waals surface area contributed by atoms with E-state index in [1.165, 1.54) is 38.5 Å². The van der Waals surface area contributed by atoms with Crippen LogP contribution in [0.5, 0.6) is 0 Å². The molecule has 4 saturated carbocycles. The highest BCUT2D eigenvalue weighted by Crippen LogP contribution is 2.56. The third-order valence-corrected chi connectivity index (χ3v) is 5.54. The van der Waals surface area contributed by atoms with Crippen molar-refractivity contribution in [2.45, 2.75) is 44.1 Å². The Morgan fingerprint density at radius 3 is 2.15 bits per heavy atom. The van der Waals surface area contributed by atoms with Crippen molar-refractivity contribution in [3.63, 3.8) is 0 Å². The Bertz CT molecular complexity index is 492. The Kier molecular flexibility index (Phi) is 2.59. The van der Waals surface area contributed by atoms with Crippen molar-refractivity contribution in [2.24, 2.45) is 17.8 Å². The third-order valence-electron chi connectivity index (χ3n) is 5.54. The van der Waals surface area contributed by atoms with Crippen molar-refractivity contribution in [2.75, 3.05) is 23.4 Å². The van der Waals surface area contributed by atoms with E-state index in [1.807, 2.05) is 7.05 Å². The highest BCUT2D eigenvalue weighted by molar-refractivity contribution is 5.74. The molecule has 108 valence electrons. The summed E-state index contributed by atoms with van der Waals surface area (Å²) in [5, 5.41) is 6.74. The minimum Gasteiger partial charge on any atom is -0.393 e. The lowest BCUT2D eigenvalue weighted by molar-refractivity contribution is 0.0106. The van der Waals surface area contributed by atoms with E-state index >= 15 is 0 Å². The molecule has 4 aliphatic rings. The first-order chi connectivity index (χ1) is 9.67. The number of rotatable bonds is 3. The van der Waals surface area contributed by atoms with Gasteiger partial charge in [-0.25, -0.2) is 9.97 Å². The van der Waals surface area contributed by atoms with Gasteiger partial charge in [0.1, 0.15) is 12.0 Å². The summed E-state index contributed by atoms with van der Waals surface area (Å²) in [5.74, 6) is 4.28. The fourth-order valence-electron chi connectivity index (χ4n) is 5.21. The molecule has 1 aromatic heterocycles. The van der Waals surface area contributed by atoms with Crippen LogP contribution in [0.1, 0.15) is 38.5 Å². The third kappa shape index (κ3) is 1.83. The van der Waals surface area contributed by atoms with E-state index < -0.39 is 0 Å². The van der Waals surface area contributed by atoms with Crippen LogP contribution in [-0.2, 0) is 0 Å². The largest absolute Gasteiger partial charge is 0.393 e. The summed E-state index contributed by atoms with van der Waals surface area (Å²) < 4.78 is 0. The fourth-order valence-corrected chi connectivity index (χ4v) is 5.21. The lowest BCUT2D eigenvalue weighted by atomic mass is 9.53. The average Bonchev–Trinajstić information content (AvgIpc) is 2.39. The van der Waals surface area contributed by atoms with Gasteiger partial charge in [-0.1, -0.05) is 0 Å². The van der Waals surface area contributed by atoms with Crippen LogP contribution in [0, 0.1) is 17.8 Å². The van der Waals surface area contributed by atoms with Gasteiger partial charge < -0.3 is 16.4 Å². The summed E-state index contributed by atoms with van der Waals surface area (Å²) in [6, 6.07) is 0. The molecule has 0 unspecified atom stereocenters. The number of nitrogens with zero attached hydrogens (tertiary/aromatic N) is 2. The first kappa shape index (κ1) is 12.2. The molecule has 1 heterocycles. The quantitative estimate of drug-likeness (QED) is 0.789. The maximum atomic E-state index is 6.17. The van der Waals surface area contributed by atoms with Gasteiger partial charge in [-0.2, -0.15) is 0 Å². The maximum Gasteiger partial charge on any atom is 0.155 e. The van der Waals surface area contributed by atoms with Crippen molar-refractivity contribution in [1.29, 1.82) is 0 Å². The molecule has 0 radical (unpaired) electrons. The summed E-state index contributed by atoms with van der Waals surface area (Å²) in [7, 11) is 1.84. The lowest BCUT2D eigenvalue weighted by Gasteiger charge is -2.57. The van der Waals surface area contributed by atoms with Gasteiger partial charge in [0.25, 0.3) is 0 Å². The van der Waals surface area contributed by atoms with Crippen molar-refractivity contribution in [1.82, 2.24) is 9.97 Å². The number of hydrogen-bond donors (Lipinski definition) is 3. The molecule has 0 saturated heterocycles. The van der Waals surface area contributed by atoms with Crippen LogP contribution in [0.25, 0.3) is 0 Å². The summed E-state index contributed by atoms with van der Waals surface area (Å²) in [4.78, 5) is 8.54. The molecule has 0 aromatic carbocycles. The topological polar surface area (TPSA) is 75.9 Å². The first-order valence-electron chi connectivity index (χ1n) is 7.74. The second-order valence-corrected chi connectivity index (χ2v) is 7.06. The molecule has 1 aromatic rings. The molecule has 4 N–H and O–H groups in total. The van der Waals surface area contributed by atoms with E-state index in [0.717, 1.165) is 23.6 Å². The summed E-state index contributed by atoms with van der Waals surface area (Å²) in [6.07, 6.45) is 9.79. The van der Waals surface area contributed by atoms with E-state index in [1.54, 1.807) is 6.33 Å². The van der Waals surface area contributed by atoms with Gasteiger partial charge in [0.05, 0.1) is 0 Å². The number of anilines is 3. The zero-order valence-corrected chi connectivity index (χ0v) is 12.0. The zero-order valence-electron chi connectivity index (χ0n) is 12.0. The molecule has 5 nitrogen and oxygen atoms in total. The smallest absolute Gasteiger partial charge is 0.155 e. The predicted molar refractivity (Wildman–Crippen MR) is 80.5 cm³/mol. The highest BCUT2D eigenvalue weighted by atomic mass is 15.1. The molecule has 5 heteroatoms. The van der Waals surface area contributed by atoms with Crippen molar-refractivity contribution in [3.8, 4) is 0 Å². The lowest BCUT2D eigenvalue weighted by Crippen LogP contribution is -2.55. The molecule has 4 aliphatic carbocycles. The van der Waals surface area contributed by atoms with Crippen LogP contribution in [0.3, 0.4) is 0 Å². The number of nitrogens with two attached hydrogens (primary N) is 1. The van der Waals surface area contributed by atoms with Crippen LogP contribution in [0.15, 0.2) is 6.33 Å². The van der Waals surface area contributed by atoms with Crippen molar-refractivity contribution >= 4 is 17.3 Å². The molecule has 0 spiro atoms. The van der Waals surface area contributed by atoms with E-state index in [4.69, 9.17) is 5.73 Å². The van der Waals surface area contributed by atoms with Gasteiger partial charge in [0.15, 0.2) is 11.6 Å². The second-order valence-electron chi connectivity index (χ2n) is 7.06. The molecule has 5 rings (SSSR count). The molecular weight excluding hydrogens is 250 g/mol. The van der Waals surface area contributed by atoms with Gasteiger partial charge in [-0.05, 0) is 56.3 Å². The minimum absolute atomic E-state index is 0.238. The highest BCUT2D eigenvalue weighted by Gasteiger charge is 2.51. The standard InChI is InChI=1S/C15H23N5/c1-17-13-12(16)14(19-8-18-13)20-15-5-9-2-10(6-15)4-11(3-9)7-15/h8-11H,2-7,16H2,1H3,(H2,17,18,19,20). The maximum absolute atomic E-state index is 6.17. The average molecular weight is 273 g/mol. The Morgan fingerprint density at radius 1 is 1.05 bits per heavy atom. The fraction of sp³-hybridized carbons (Fsp3) is 0.733. The first-order valence-corrected chi connectivity index (χ1v) is 7.74. The van der Waals surface area contributed by atoms with E-state index in [-0.39, 0.29) is 5.54 Å². The molecule has 0 atom stereocenters. The Hall–Kier alpha value is -1.52. The number of nitrogen functional groups attached to an aromatic ring is 1. The number of aromatic nitrogens is 2. The normalized spacial score (nSPS) is 38.0. The molecule has 4 bridgehead atoms. The van der Waals surface area contributed by atoms with Crippen molar-refractivity contribution < 1.29 is 0 Å². The summed E-state index contributed by atoms with van der Waals surface area (Å²) in [5.41, 5.74) is 7.06. The molecule has 4 fully saturated rings. The van der Waals surface area contributed by atoms with Crippen LogP contribution in [0.2, 0.25) is 0 Å². The Morgan fingerprint density at radius 2 is 1.60 bits per heavy atom.